The van der Waals surface area contributed by atoms with Gasteiger partial charge in [0.05, 0.1) is 6.20 Å². The van der Waals surface area contributed by atoms with Crippen LogP contribution in [0.25, 0.3) is 22.6 Å². The summed E-state index contributed by atoms with van der Waals surface area (Å²) in [6, 6.07) is -0.0105. The number of nitrogens with zero attached hydrogens (tertiary/aromatic N) is 4. The molecule has 0 aliphatic heterocycles. The fraction of sp³-hybridized carbons (Fsp3) is 0.500. The highest BCUT2D eigenvalue weighted by molar-refractivity contribution is 5.84. The Balaban J connectivity index is 1.71. The van der Waals surface area contributed by atoms with Gasteiger partial charge < -0.3 is 15.0 Å². The summed E-state index contributed by atoms with van der Waals surface area (Å²) in [5.41, 5.74) is 5.42. The van der Waals surface area contributed by atoms with E-state index in [1.807, 2.05) is 25.6 Å². The van der Waals surface area contributed by atoms with Crippen LogP contribution >= 0.6 is 0 Å². The smallest absolute Gasteiger partial charge is 0.406 e. The molecule has 2 N–H and O–H groups in total. The Kier molecular flexibility index (Phi) is 4.36. The standard InChI is InChI=1S/C20H26N6O2/c1-11(2)23-19(27)28-15-10-22-18-17(15)24-13(9-21-18)16-12-6-7-20(3,4)8-14(12)26(5)25-16/h9-11H,6-8H2,1-5H3,(H,21,22)(H,23,27). The van der Waals surface area contributed by atoms with E-state index in [1.165, 1.54) is 11.3 Å². The van der Waals surface area contributed by atoms with E-state index >= 15 is 0 Å². The minimum Gasteiger partial charge on any atom is -0.406 e. The van der Waals surface area contributed by atoms with Crippen LogP contribution in [-0.2, 0) is 19.9 Å². The number of H-pyrrole nitrogens is 1. The molecule has 148 valence electrons. The van der Waals surface area contributed by atoms with Gasteiger partial charge in [0.1, 0.15) is 11.4 Å². The van der Waals surface area contributed by atoms with Crippen molar-refractivity contribution in [1.82, 2.24) is 30.0 Å². The first-order valence-corrected chi connectivity index (χ1v) is 9.61. The van der Waals surface area contributed by atoms with Gasteiger partial charge in [-0.05, 0) is 38.5 Å². The first-order chi connectivity index (χ1) is 13.2. The van der Waals surface area contributed by atoms with Crippen LogP contribution in [0.1, 0.15) is 45.4 Å². The zero-order chi connectivity index (χ0) is 20.1. The predicted octanol–water partition coefficient (Wildman–Crippen LogP) is 3.37. The largest absolute Gasteiger partial charge is 0.412 e. The molecule has 0 atom stereocenters. The summed E-state index contributed by atoms with van der Waals surface area (Å²) >= 11 is 0. The van der Waals surface area contributed by atoms with Crippen molar-refractivity contribution >= 4 is 17.3 Å². The Morgan fingerprint density at radius 3 is 2.93 bits per heavy atom. The molecule has 1 aliphatic rings. The molecular weight excluding hydrogens is 356 g/mol. The molecule has 1 aliphatic carbocycles. The molecule has 0 radical (unpaired) electrons. The SMILES string of the molecule is CC(C)NC(=O)Oc1c[nH]c2ncc(-c3nn(C)c4c3CCC(C)(C)C4)nc12. The average molecular weight is 382 g/mol. The average Bonchev–Trinajstić information content (AvgIpc) is 3.14. The van der Waals surface area contributed by atoms with Gasteiger partial charge in [0, 0.05) is 30.5 Å². The molecule has 1 amide bonds. The lowest BCUT2D eigenvalue weighted by atomic mass is 9.76. The van der Waals surface area contributed by atoms with Gasteiger partial charge in [0.15, 0.2) is 16.9 Å². The van der Waals surface area contributed by atoms with Gasteiger partial charge in [-0.15, -0.1) is 0 Å². The number of rotatable bonds is 3. The number of aromatic nitrogens is 5. The van der Waals surface area contributed by atoms with Crippen LogP contribution in [0.15, 0.2) is 12.4 Å². The minimum atomic E-state index is -0.513. The number of carbonyl (C=O) groups is 1. The molecule has 3 aromatic heterocycles. The fourth-order valence-corrected chi connectivity index (χ4v) is 3.72. The van der Waals surface area contributed by atoms with Gasteiger partial charge in [-0.1, -0.05) is 13.8 Å². The zero-order valence-electron chi connectivity index (χ0n) is 17.0. The number of amides is 1. The van der Waals surface area contributed by atoms with Crippen LogP contribution in [0.5, 0.6) is 5.75 Å². The number of fused-ring (bicyclic) bond motifs is 2. The number of hydrogen-bond donors (Lipinski definition) is 2. The Morgan fingerprint density at radius 2 is 2.18 bits per heavy atom. The third kappa shape index (κ3) is 3.34. The number of ether oxygens (including phenoxy) is 1. The molecule has 4 rings (SSSR count). The first kappa shape index (κ1) is 18.5. The van der Waals surface area contributed by atoms with Crippen molar-refractivity contribution in [3.8, 4) is 17.1 Å². The number of nitrogens with one attached hydrogen (secondary N) is 2. The van der Waals surface area contributed by atoms with Crippen LogP contribution in [0, 0.1) is 5.41 Å². The van der Waals surface area contributed by atoms with Gasteiger partial charge in [-0.25, -0.2) is 14.8 Å². The maximum absolute atomic E-state index is 12.0. The van der Waals surface area contributed by atoms with Gasteiger partial charge in [0.25, 0.3) is 0 Å². The highest BCUT2D eigenvalue weighted by atomic mass is 16.6. The molecule has 0 saturated heterocycles. The summed E-state index contributed by atoms with van der Waals surface area (Å²) in [4.78, 5) is 24.1. The molecule has 0 fully saturated rings. The van der Waals surface area contributed by atoms with Crippen molar-refractivity contribution in [1.29, 1.82) is 0 Å². The maximum Gasteiger partial charge on any atom is 0.412 e. The molecule has 0 spiro atoms. The molecular formula is C20H26N6O2. The van der Waals surface area contributed by atoms with Gasteiger partial charge >= 0.3 is 6.09 Å². The van der Waals surface area contributed by atoms with Crippen LogP contribution < -0.4 is 10.1 Å². The maximum atomic E-state index is 12.0. The molecule has 0 saturated carbocycles. The summed E-state index contributed by atoms with van der Waals surface area (Å²) in [5, 5.41) is 7.44. The lowest BCUT2D eigenvalue weighted by Gasteiger charge is -2.29. The minimum absolute atomic E-state index is 0.0105. The Morgan fingerprint density at radius 1 is 1.39 bits per heavy atom. The van der Waals surface area contributed by atoms with E-state index in [-0.39, 0.29) is 11.5 Å². The van der Waals surface area contributed by atoms with E-state index in [4.69, 9.17) is 14.8 Å². The second-order valence-electron chi connectivity index (χ2n) is 8.53. The van der Waals surface area contributed by atoms with Crippen molar-refractivity contribution in [2.24, 2.45) is 12.5 Å². The van der Waals surface area contributed by atoms with Crippen molar-refractivity contribution in [2.45, 2.75) is 53.0 Å². The Bertz CT molecular complexity index is 1050. The fourth-order valence-electron chi connectivity index (χ4n) is 3.72. The Hall–Kier alpha value is -2.90. The monoisotopic (exact) mass is 382 g/mol. The lowest BCUT2D eigenvalue weighted by molar-refractivity contribution is 0.198. The van der Waals surface area contributed by atoms with Crippen molar-refractivity contribution in [3.05, 3.63) is 23.7 Å². The van der Waals surface area contributed by atoms with Crippen LogP contribution in [0.4, 0.5) is 4.79 Å². The summed E-state index contributed by atoms with van der Waals surface area (Å²) in [5.74, 6) is 0.355. The summed E-state index contributed by atoms with van der Waals surface area (Å²) < 4.78 is 7.37. The van der Waals surface area contributed by atoms with Crippen LogP contribution in [-0.4, -0.2) is 36.9 Å². The van der Waals surface area contributed by atoms with E-state index in [0.717, 1.165) is 25.0 Å². The van der Waals surface area contributed by atoms with Crippen molar-refractivity contribution in [2.75, 3.05) is 0 Å². The number of hydrogen-bond acceptors (Lipinski definition) is 5. The van der Waals surface area contributed by atoms with Crippen LogP contribution in [0.3, 0.4) is 0 Å². The molecule has 3 heterocycles. The molecule has 8 heteroatoms. The number of carbonyl (C=O) groups excluding carboxylic acids is 1. The quantitative estimate of drug-likeness (QED) is 0.724. The molecule has 28 heavy (non-hydrogen) atoms. The molecule has 0 aromatic carbocycles. The molecule has 0 bridgehead atoms. The third-order valence-electron chi connectivity index (χ3n) is 5.17. The van der Waals surface area contributed by atoms with E-state index in [1.54, 1.807) is 12.4 Å². The second-order valence-corrected chi connectivity index (χ2v) is 8.53. The van der Waals surface area contributed by atoms with Gasteiger partial charge in [-0.2, -0.15) is 5.10 Å². The summed E-state index contributed by atoms with van der Waals surface area (Å²) in [7, 11) is 1.98. The summed E-state index contributed by atoms with van der Waals surface area (Å²) in [6.45, 7) is 8.33. The van der Waals surface area contributed by atoms with E-state index in [9.17, 15) is 4.79 Å². The summed E-state index contributed by atoms with van der Waals surface area (Å²) in [6.07, 6.45) is 5.89. The topological polar surface area (TPSA) is 97.7 Å². The molecule has 8 nitrogen and oxygen atoms in total. The van der Waals surface area contributed by atoms with Crippen LogP contribution in [0.2, 0.25) is 0 Å². The van der Waals surface area contributed by atoms with E-state index in [0.29, 0.717) is 22.6 Å². The van der Waals surface area contributed by atoms with Gasteiger partial charge in [0.2, 0.25) is 0 Å². The molecule has 0 unspecified atom stereocenters. The zero-order valence-corrected chi connectivity index (χ0v) is 17.0. The normalized spacial score (nSPS) is 15.6. The lowest BCUT2D eigenvalue weighted by Crippen LogP contribution is -2.32. The highest BCUT2D eigenvalue weighted by Crippen LogP contribution is 2.38. The van der Waals surface area contributed by atoms with Crippen molar-refractivity contribution < 1.29 is 9.53 Å². The predicted molar refractivity (Wildman–Crippen MR) is 106 cm³/mol. The van der Waals surface area contributed by atoms with E-state index in [2.05, 4.69) is 29.1 Å². The van der Waals surface area contributed by atoms with E-state index < -0.39 is 6.09 Å². The van der Waals surface area contributed by atoms with Gasteiger partial charge in [-0.3, -0.25) is 4.68 Å². The Labute approximate surface area is 163 Å². The third-order valence-corrected chi connectivity index (χ3v) is 5.17. The number of aryl methyl sites for hydroxylation is 1. The second kappa shape index (κ2) is 6.61. The molecule has 3 aromatic rings. The highest BCUT2D eigenvalue weighted by Gasteiger charge is 2.31. The van der Waals surface area contributed by atoms with Crippen molar-refractivity contribution in [3.63, 3.8) is 0 Å². The first-order valence-electron chi connectivity index (χ1n) is 9.61. The number of aromatic amines is 1.